The number of aryl methyl sites for hydroxylation is 1. The standard InChI is InChI=1S/C21H29N7O4/c1-14-11-27(12-18(29)26-16-8-10-28(21(22)23)32-13-16)20(30)19(25-14)24-9-7-15-3-5-17(31-2)6-4-15/h3-6,11,16H,7-10,12-13H2,1-2H3,(H3,22,23)(H,24,25)(H,26,29). The zero-order valence-electron chi connectivity index (χ0n) is 18.3. The van der Waals surface area contributed by atoms with Gasteiger partial charge < -0.3 is 25.7 Å². The molecule has 0 radical (unpaired) electrons. The maximum Gasteiger partial charge on any atom is 0.293 e. The number of nitrogens with one attached hydrogen (secondary N) is 3. The van der Waals surface area contributed by atoms with Crippen LogP contribution in [-0.2, 0) is 22.6 Å². The highest BCUT2D eigenvalue weighted by molar-refractivity contribution is 5.76. The summed E-state index contributed by atoms with van der Waals surface area (Å²) < 4.78 is 6.50. The summed E-state index contributed by atoms with van der Waals surface area (Å²) in [5.41, 5.74) is 6.75. The maximum atomic E-state index is 12.8. The number of hydroxylamine groups is 2. The van der Waals surface area contributed by atoms with Gasteiger partial charge in [0.15, 0.2) is 5.82 Å². The molecule has 5 N–H and O–H groups in total. The molecule has 0 bridgehead atoms. The van der Waals surface area contributed by atoms with Crippen molar-refractivity contribution in [3.05, 3.63) is 52.1 Å². The molecule has 1 aliphatic rings. The average molecular weight is 444 g/mol. The summed E-state index contributed by atoms with van der Waals surface area (Å²) in [6, 6.07) is 7.51. The SMILES string of the molecule is COc1ccc(CCNc2nc(C)cn(CC(=O)NC3CCN(C(=N)N)OC3)c2=O)cc1. The number of nitrogens with zero attached hydrogens (tertiary/aromatic N) is 3. The molecule has 1 amide bonds. The molecule has 3 rings (SSSR count). The van der Waals surface area contributed by atoms with E-state index >= 15 is 0 Å². The molecule has 1 atom stereocenters. The topological polar surface area (TPSA) is 148 Å². The molecule has 11 heteroatoms. The number of benzene rings is 1. The normalized spacial score (nSPS) is 15.8. The van der Waals surface area contributed by atoms with Gasteiger partial charge in [0, 0.05) is 12.7 Å². The van der Waals surface area contributed by atoms with Gasteiger partial charge in [0.1, 0.15) is 12.3 Å². The van der Waals surface area contributed by atoms with Gasteiger partial charge in [0.2, 0.25) is 11.9 Å². The molecule has 1 aromatic carbocycles. The Labute approximate surface area is 186 Å². The first kappa shape index (κ1) is 23.1. The van der Waals surface area contributed by atoms with E-state index in [2.05, 4.69) is 15.6 Å². The Morgan fingerprint density at radius 1 is 1.38 bits per heavy atom. The molecule has 1 fully saturated rings. The lowest BCUT2D eigenvalue weighted by atomic mass is 10.1. The molecular weight excluding hydrogens is 414 g/mol. The Balaban J connectivity index is 1.55. The van der Waals surface area contributed by atoms with Crippen LogP contribution in [0.5, 0.6) is 5.75 Å². The number of carbonyl (C=O) groups excluding carboxylic acids is 1. The van der Waals surface area contributed by atoms with Gasteiger partial charge >= 0.3 is 0 Å². The van der Waals surface area contributed by atoms with Crippen LogP contribution < -0.4 is 26.7 Å². The summed E-state index contributed by atoms with van der Waals surface area (Å²) >= 11 is 0. The van der Waals surface area contributed by atoms with E-state index < -0.39 is 0 Å². The molecule has 1 saturated heterocycles. The van der Waals surface area contributed by atoms with Crippen molar-refractivity contribution in [2.75, 3.05) is 32.1 Å². The van der Waals surface area contributed by atoms with Crippen molar-refractivity contribution in [2.45, 2.75) is 32.4 Å². The smallest absolute Gasteiger partial charge is 0.293 e. The third kappa shape index (κ3) is 6.20. The largest absolute Gasteiger partial charge is 0.497 e. The molecule has 1 aromatic heterocycles. The number of ether oxygens (including phenoxy) is 1. The Kier molecular flexibility index (Phi) is 7.66. The fourth-order valence-electron chi connectivity index (χ4n) is 3.36. The molecular formula is C21H29N7O4. The summed E-state index contributed by atoms with van der Waals surface area (Å²) in [7, 11) is 1.62. The van der Waals surface area contributed by atoms with E-state index in [0.29, 0.717) is 31.6 Å². The molecule has 2 heterocycles. The zero-order chi connectivity index (χ0) is 23.1. The molecule has 1 unspecified atom stereocenters. The van der Waals surface area contributed by atoms with Crippen LogP contribution >= 0.6 is 0 Å². The summed E-state index contributed by atoms with van der Waals surface area (Å²) in [5.74, 6) is 0.538. The van der Waals surface area contributed by atoms with Crippen molar-refractivity contribution in [2.24, 2.45) is 5.73 Å². The Hall–Kier alpha value is -3.60. The molecule has 0 saturated carbocycles. The van der Waals surface area contributed by atoms with Crippen LogP contribution in [0.3, 0.4) is 0 Å². The molecule has 172 valence electrons. The van der Waals surface area contributed by atoms with Gasteiger partial charge in [-0.2, -0.15) is 0 Å². The summed E-state index contributed by atoms with van der Waals surface area (Å²) in [4.78, 5) is 34.8. The minimum Gasteiger partial charge on any atom is -0.497 e. The predicted molar refractivity (Wildman–Crippen MR) is 120 cm³/mol. The second kappa shape index (κ2) is 10.6. The first-order valence-electron chi connectivity index (χ1n) is 10.3. The van der Waals surface area contributed by atoms with Crippen LogP contribution in [0.2, 0.25) is 0 Å². The van der Waals surface area contributed by atoms with E-state index in [1.165, 1.54) is 9.63 Å². The van der Waals surface area contributed by atoms with Crippen LogP contribution in [0.4, 0.5) is 5.82 Å². The fourth-order valence-corrected chi connectivity index (χ4v) is 3.36. The van der Waals surface area contributed by atoms with Gasteiger partial charge in [-0.3, -0.25) is 19.8 Å². The average Bonchev–Trinajstić information content (AvgIpc) is 2.77. The Bertz CT molecular complexity index is 998. The number of aromatic nitrogens is 2. The number of rotatable bonds is 8. The van der Waals surface area contributed by atoms with Gasteiger partial charge in [-0.25, -0.2) is 10.0 Å². The number of anilines is 1. The number of hydrogen-bond donors (Lipinski definition) is 4. The van der Waals surface area contributed by atoms with Crippen molar-refractivity contribution >= 4 is 17.7 Å². The minimum atomic E-state index is -0.358. The van der Waals surface area contributed by atoms with Crippen molar-refractivity contribution < 1.29 is 14.4 Å². The van der Waals surface area contributed by atoms with Crippen molar-refractivity contribution in [1.29, 1.82) is 5.41 Å². The predicted octanol–water partition coefficient (Wildman–Crippen LogP) is 0.230. The second-order valence-corrected chi connectivity index (χ2v) is 7.53. The number of amides is 1. The van der Waals surface area contributed by atoms with E-state index in [1.54, 1.807) is 20.2 Å². The highest BCUT2D eigenvalue weighted by Gasteiger charge is 2.22. The van der Waals surface area contributed by atoms with E-state index in [9.17, 15) is 9.59 Å². The van der Waals surface area contributed by atoms with E-state index in [-0.39, 0.29) is 42.4 Å². The molecule has 1 aliphatic heterocycles. The van der Waals surface area contributed by atoms with Crippen molar-refractivity contribution in [3.63, 3.8) is 0 Å². The first-order chi connectivity index (χ1) is 15.4. The number of guanidine groups is 1. The number of methoxy groups -OCH3 is 1. The number of carbonyl (C=O) groups is 1. The number of hydrogen-bond acceptors (Lipinski definition) is 7. The molecule has 0 aliphatic carbocycles. The molecule has 0 spiro atoms. The fraction of sp³-hybridized carbons (Fsp3) is 0.429. The molecule has 2 aromatic rings. The Morgan fingerprint density at radius 3 is 2.75 bits per heavy atom. The van der Waals surface area contributed by atoms with Crippen LogP contribution in [0.1, 0.15) is 17.7 Å². The van der Waals surface area contributed by atoms with Gasteiger partial charge in [0.25, 0.3) is 5.56 Å². The zero-order valence-corrected chi connectivity index (χ0v) is 18.3. The first-order valence-corrected chi connectivity index (χ1v) is 10.3. The van der Waals surface area contributed by atoms with Crippen LogP contribution in [0.25, 0.3) is 0 Å². The second-order valence-electron chi connectivity index (χ2n) is 7.53. The summed E-state index contributed by atoms with van der Waals surface area (Å²) in [5, 5.41) is 14.6. The molecule has 11 nitrogen and oxygen atoms in total. The third-order valence-corrected chi connectivity index (χ3v) is 5.02. The summed E-state index contributed by atoms with van der Waals surface area (Å²) in [6.07, 6.45) is 2.86. The van der Waals surface area contributed by atoms with Crippen LogP contribution in [0, 0.1) is 12.3 Å². The monoisotopic (exact) mass is 443 g/mol. The van der Waals surface area contributed by atoms with E-state index in [0.717, 1.165) is 11.3 Å². The highest BCUT2D eigenvalue weighted by Crippen LogP contribution is 2.12. The summed E-state index contributed by atoms with van der Waals surface area (Å²) in [6.45, 7) is 2.80. The van der Waals surface area contributed by atoms with Gasteiger partial charge in [-0.15, -0.1) is 0 Å². The Morgan fingerprint density at radius 2 is 2.12 bits per heavy atom. The van der Waals surface area contributed by atoms with E-state index in [4.69, 9.17) is 20.7 Å². The van der Waals surface area contributed by atoms with Gasteiger partial charge in [-0.05, 0) is 37.5 Å². The quantitative estimate of drug-likeness (QED) is 0.335. The lowest BCUT2D eigenvalue weighted by Crippen LogP contribution is -2.50. The highest BCUT2D eigenvalue weighted by atomic mass is 16.7. The van der Waals surface area contributed by atoms with Crippen molar-refractivity contribution in [3.8, 4) is 5.75 Å². The van der Waals surface area contributed by atoms with Gasteiger partial charge in [0.05, 0.1) is 32.0 Å². The maximum absolute atomic E-state index is 12.8. The minimum absolute atomic E-state index is 0.123. The van der Waals surface area contributed by atoms with Gasteiger partial charge in [-0.1, -0.05) is 12.1 Å². The number of nitrogens with two attached hydrogens (primary N) is 1. The van der Waals surface area contributed by atoms with Crippen molar-refractivity contribution in [1.82, 2.24) is 19.9 Å². The molecule has 32 heavy (non-hydrogen) atoms. The lowest BCUT2D eigenvalue weighted by molar-refractivity contribution is -0.143. The lowest BCUT2D eigenvalue weighted by Gasteiger charge is -2.31. The van der Waals surface area contributed by atoms with E-state index in [1.807, 2.05) is 24.3 Å². The third-order valence-electron chi connectivity index (χ3n) is 5.02. The van der Waals surface area contributed by atoms with Crippen LogP contribution in [-0.4, -0.2) is 59.3 Å². The van der Waals surface area contributed by atoms with Crippen LogP contribution in [0.15, 0.2) is 35.3 Å².